The van der Waals surface area contributed by atoms with Crippen molar-refractivity contribution in [3.63, 3.8) is 0 Å². The molecule has 9 nitrogen and oxygen atoms in total. The number of benzene rings is 2. The lowest BCUT2D eigenvalue weighted by Gasteiger charge is -2.14. The molecule has 0 unspecified atom stereocenters. The molecule has 0 saturated carbocycles. The van der Waals surface area contributed by atoms with Gasteiger partial charge in [-0.1, -0.05) is 19.4 Å². The van der Waals surface area contributed by atoms with Crippen molar-refractivity contribution in [3.05, 3.63) is 52.4 Å². The minimum atomic E-state index is -0.401. The molecule has 184 valence electrons. The first-order valence-electron chi connectivity index (χ1n) is 11.2. The fraction of sp³-hybridized carbons (Fsp3) is 0.320. The first-order valence-corrected chi connectivity index (χ1v) is 12.1. The monoisotopic (exact) mass is 498 g/mol. The van der Waals surface area contributed by atoms with Crippen molar-refractivity contribution in [1.82, 2.24) is 10.2 Å². The number of nitrogens with one attached hydrogen (secondary N) is 1. The second-order valence-electron chi connectivity index (χ2n) is 7.77. The molecular formula is C25H26N2O7S. The second-order valence-corrected chi connectivity index (χ2v) is 8.76. The topological polar surface area (TPSA) is 103 Å². The predicted molar refractivity (Wildman–Crippen MR) is 131 cm³/mol. The molecule has 0 radical (unpaired) electrons. The van der Waals surface area contributed by atoms with Gasteiger partial charge in [0.1, 0.15) is 0 Å². The summed E-state index contributed by atoms with van der Waals surface area (Å²) in [7, 11) is 1.51. The van der Waals surface area contributed by atoms with Gasteiger partial charge in [-0.25, -0.2) is 0 Å². The molecule has 35 heavy (non-hydrogen) atoms. The van der Waals surface area contributed by atoms with Crippen molar-refractivity contribution in [3.8, 4) is 23.0 Å². The number of fused-ring (bicyclic) bond motifs is 1. The zero-order valence-corrected chi connectivity index (χ0v) is 20.3. The first kappa shape index (κ1) is 24.5. The summed E-state index contributed by atoms with van der Waals surface area (Å²) in [5.74, 6) is 1.53. The number of unbranched alkanes of at least 4 members (excludes halogenated alkanes) is 1. The normalized spacial score (nSPS) is 15.6. The minimum absolute atomic E-state index is 0.0598. The Hall–Kier alpha value is -3.66. The highest BCUT2D eigenvalue weighted by Gasteiger charge is 2.34. The summed E-state index contributed by atoms with van der Waals surface area (Å²) < 4.78 is 21.7. The van der Waals surface area contributed by atoms with Gasteiger partial charge >= 0.3 is 0 Å². The average Bonchev–Trinajstić information content (AvgIpc) is 3.43. The summed E-state index contributed by atoms with van der Waals surface area (Å²) in [4.78, 5) is 39.1. The van der Waals surface area contributed by atoms with Crippen LogP contribution in [0.2, 0.25) is 0 Å². The molecule has 2 heterocycles. The Morgan fingerprint density at radius 3 is 2.77 bits per heavy atom. The van der Waals surface area contributed by atoms with Crippen molar-refractivity contribution < 1.29 is 33.3 Å². The fourth-order valence-electron chi connectivity index (χ4n) is 3.48. The number of thioether (sulfide) groups is 1. The van der Waals surface area contributed by atoms with Gasteiger partial charge < -0.3 is 24.3 Å². The van der Waals surface area contributed by atoms with Gasteiger partial charge in [0.05, 0.1) is 18.6 Å². The quantitative estimate of drug-likeness (QED) is 0.386. The van der Waals surface area contributed by atoms with Gasteiger partial charge in [0.2, 0.25) is 6.79 Å². The molecule has 4 rings (SSSR count). The van der Waals surface area contributed by atoms with E-state index in [0.29, 0.717) is 40.1 Å². The van der Waals surface area contributed by atoms with E-state index in [1.165, 1.54) is 7.11 Å². The lowest BCUT2D eigenvalue weighted by Crippen LogP contribution is -2.37. The summed E-state index contributed by atoms with van der Waals surface area (Å²) >= 11 is 0.863. The molecule has 0 bridgehead atoms. The largest absolute Gasteiger partial charge is 0.493 e. The zero-order valence-electron chi connectivity index (χ0n) is 19.5. The van der Waals surface area contributed by atoms with Gasteiger partial charge in [0, 0.05) is 18.7 Å². The Balaban J connectivity index is 1.33. The molecule has 0 spiro atoms. The van der Waals surface area contributed by atoms with Crippen LogP contribution in [0.15, 0.2) is 41.3 Å². The zero-order chi connectivity index (χ0) is 24.8. The standard InChI is InChI=1S/C25H26N2O7S/c1-3-4-11-32-18-8-6-17(14-20(18)31-2)23(28)26-9-10-27-24(29)22(35-25(27)30)13-16-5-7-19-21(12-16)34-15-33-19/h5-8,12-14H,3-4,9-11,15H2,1-2H3,(H,26,28)/b22-13-. The highest BCUT2D eigenvalue weighted by molar-refractivity contribution is 8.18. The van der Waals surface area contributed by atoms with E-state index in [9.17, 15) is 14.4 Å². The third-order valence-corrected chi connectivity index (χ3v) is 6.28. The smallest absolute Gasteiger partial charge is 0.293 e. The molecule has 0 aromatic heterocycles. The van der Waals surface area contributed by atoms with Crippen LogP contribution in [0.3, 0.4) is 0 Å². The van der Waals surface area contributed by atoms with Crippen LogP contribution in [0.5, 0.6) is 23.0 Å². The van der Waals surface area contributed by atoms with Gasteiger partial charge in [-0.05, 0) is 60.2 Å². The van der Waals surface area contributed by atoms with Crippen LogP contribution in [-0.4, -0.2) is 55.6 Å². The van der Waals surface area contributed by atoms with Crippen LogP contribution in [-0.2, 0) is 4.79 Å². The number of amides is 3. The van der Waals surface area contributed by atoms with Crippen LogP contribution < -0.4 is 24.3 Å². The van der Waals surface area contributed by atoms with Crippen molar-refractivity contribution in [2.24, 2.45) is 0 Å². The Labute approximate surface area is 207 Å². The summed E-state index contributed by atoms with van der Waals surface area (Å²) in [6.45, 7) is 2.98. The van der Waals surface area contributed by atoms with E-state index in [1.807, 2.05) is 0 Å². The number of rotatable bonds is 10. The second kappa shape index (κ2) is 11.2. The number of hydrogen-bond acceptors (Lipinski definition) is 8. The van der Waals surface area contributed by atoms with Crippen LogP contribution in [0.4, 0.5) is 4.79 Å². The molecule has 1 fully saturated rings. The molecule has 0 aliphatic carbocycles. The highest BCUT2D eigenvalue weighted by Crippen LogP contribution is 2.36. The number of imide groups is 1. The van der Waals surface area contributed by atoms with E-state index >= 15 is 0 Å². The molecule has 3 amide bonds. The van der Waals surface area contributed by atoms with E-state index in [4.69, 9.17) is 18.9 Å². The summed E-state index contributed by atoms with van der Waals surface area (Å²) in [5.41, 5.74) is 1.12. The van der Waals surface area contributed by atoms with Crippen LogP contribution in [0.1, 0.15) is 35.7 Å². The number of carbonyl (C=O) groups excluding carboxylic acids is 3. The Kier molecular flexibility index (Phi) is 7.81. The lowest BCUT2D eigenvalue weighted by atomic mass is 10.2. The van der Waals surface area contributed by atoms with Gasteiger partial charge in [-0.15, -0.1) is 0 Å². The van der Waals surface area contributed by atoms with Crippen molar-refractivity contribution in [2.45, 2.75) is 19.8 Å². The van der Waals surface area contributed by atoms with Gasteiger partial charge in [0.15, 0.2) is 23.0 Å². The minimum Gasteiger partial charge on any atom is -0.493 e. The van der Waals surface area contributed by atoms with E-state index < -0.39 is 5.91 Å². The molecule has 1 N–H and O–H groups in total. The number of nitrogens with zero attached hydrogens (tertiary/aromatic N) is 1. The van der Waals surface area contributed by atoms with Crippen molar-refractivity contribution in [2.75, 3.05) is 33.6 Å². The molecule has 2 aliphatic heterocycles. The van der Waals surface area contributed by atoms with Crippen molar-refractivity contribution in [1.29, 1.82) is 0 Å². The van der Waals surface area contributed by atoms with Crippen LogP contribution in [0, 0.1) is 0 Å². The van der Waals surface area contributed by atoms with Gasteiger partial charge in [-0.3, -0.25) is 19.3 Å². The number of methoxy groups -OCH3 is 1. The summed E-state index contributed by atoms with van der Waals surface area (Å²) in [6, 6.07) is 10.2. The molecular weight excluding hydrogens is 472 g/mol. The molecule has 0 atom stereocenters. The van der Waals surface area contributed by atoms with E-state index in [2.05, 4.69) is 12.2 Å². The predicted octanol–water partition coefficient (Wildman–Crippen LogP) is 4.07. The maximum atomic E-state index is 12.7. The molecule has 10 heteroatoms. The third-order valence-electron chi connectivity index (χ3n) is 5.37. The number of hydrogen-bond donors (Lipinski definition) is 1. The molecule has 2 aromatic rings. The Morgan fingerprint density at radius 2 is 1.97 bits per heavy atom. The van der Waals surface area contributed by atoms with E-state index in [-0.39, 0.29) is 31.0 Å². The number of carbonyl (C=O) groups is 3. The maximum Gasteiger partial charge on any atom is 0.293 e. The van der Waals surface area contributed by atoms with Gasteiger partial charge in [-0.2, -0.15) is 0 Å². The maximum absolute atomic E-state index is 12.7. The summed E-state index contributed by atoms with van der Waals surface area (Å²) in [6.07, 6.45) is 3.58. The van der Waals surface area contributed by atoms with Gasteiger partial charge in [0.25, 0.3) is 17.1 Å². The average molecular weight is 499 g/mol. The molecule has 2 aromatic carbocycles. The Bertz CT molecular complexity index is 1160. The van der Waals surface area contributed by atoms with Crippen LogP contribution >= 0.6 is 11.8 Å². The van der Waals surface area contributed by atoms with E-state index in [0.717, 1.165) is 35.1 Å². The summed E-state index contributed by atoms with van der Waals surface area (Å²) in [5, 5.41) is 2.36. The lowest BCUT2D eigenvalue weighted by molar-refractivity contribution is -0.122. The SMILES string of the molecule is CCCCOc1ccc(C(=O)NCCN2C(=O)S/C(=C\c3ccc4c(c3)OCO4)C2=O)cc1OC. The highest BCUT2D eigenvalue weighted by atomic mass is 32.2. The Morgan fingerprint density at radius 1 is 1.14 bits per heavy atom. The number of ether oxygens (including phenoxy) is 4. The van der Waals surface area contributed by atoms with E-state index in [1.54, 1.807) is 42.5 Å². The third kappa shape index (κ3) is 5.71. The fourth-order valence-corrected chi connectivity index (χ4v) is 4.35. The first-order chi connectivity index (χ1) is 17.0. The van der Waals surface area contributed by atoms with Crippen molar-refractivity contribution >= 4 is 34.9 Å². The molecule has 2 aliphatic rings. The van der Waals surface area contributed by atoms with Crippen LogP contribution in [0.25, 0.3) is 6.08 Å². The molecule has 1 saturated heterocycles.